The molecule has 4 amide bonds. The van der Waals surface area contributed by atoms with Crippen LogP contribution in [0.5, 0.6) is 0 Å². The summed E-state index contributed by atoms with van der Waals surface area (Å²) < 4.78 is 10.7. The Balaban J connectivity index is 1.23. The van der Waals surface area contributed by atoms with Gasteiger partial charge in [0.25, 0.3) is 11.8 Å². The Morgan fingerprint density at radius 1 is 0.675 bits per heavy atom. The van der Waals surface area contributed by atoms with Crippen LogP contribution in [-0.4, -0.2) is 60.0 Å². The molecule has 9 nitrogen and oxygen atoms in total. The number of carbonyl (C=O) groups is 4. The third-order valence-corrected chi connectivity index (χ3v) is 6.49. The lowest BCUT2D eigenvalue weighted by Crippen LogP contribution is -2.36. The zero-order chi connectivity index (χ0) is 28.2. The number of nitrogens with zero attached hydrogens (tertiary/aromatic N) is 2. The maximum Gasteiger partial charge on any atom is 0.410 e. The van der Waals surface area contributed by atoms with Crippen LogP contribution in [0.4, 0.5) is 9.59 Å². The number of fused-ring (bicyclic) bond motifs is 1. The van der Waals surface area contributed by atoms with Crippen LogP contribution in [-0.2, 0) is 22.7 Å². The van der Waals surface area contributed by atoms with Gasteiger partial charge in [0.2, 0.25) is 0 Å². The first-order chi connectivity index (χ1) is 19.5. The molecule has 4 rings (SSSR count). The normalized spacial score (nSPS) is 12.2. The first-order valence-corrected chi connectivity index (χ1v) is 13.4. The van der Waals surface area contributed by atoms with E-state index in [1.54, 1.807) is 29.2 Å². The molecule has 0 unspecified atom stereocenters. The van der Waals surface area contributed by atoms with E-state index in [1.165, 1.54) is 4.90 Å². The number of unbranched alkanes of at least 4 members (excludes halogenated alkanes) is 1. The van der Waals surface area contributed by atoms with Gasteiger partial charge in [-0.15, -0.1) is 0 Å². The van der Waals surface area contributed by atoms with Gasteiger partial charge in [0.1, 0.15) is 13.2 Å². The second-order valence-corrected chi connectivity index (χ2v) is 9.38. The minimum atomic E-state index is -0.525. The van der Waals surface area contributed by atoms with E-state index in [9.17, 15) is 19.2 Å². The number of amides is 4. The van der Waals surface area contributed by atoms with Gasteiger partial charge in [-0.3, -0.25) is 14.5 Å². The van der Waals surface area contributed by atoms with Crippen molar-refractivity contribution < 1.29 is 28.7 Å². The van der Waals surface area contributed by atoms with Crippen molar-refractivity contribution in [1.29, 1.82) is 0 Å². The van der Waals surface area contributed by atoms with Crippen molar-refractivity contribution >= 4 is 24.0 Å². The third kappa shape index (κ3) is 7.92. The smallest absolute Gasteiger partial charge is 0.410 e. The molecule has 9 heteroatoms. The van der Waals surface area contributed by atoms with Crippen molar-refractivity contribution in [1.82, 2.24) is 15.1 Å². The Labute approximate surface area is 233 Å². The zero-order valence-corrected chi connectivity index (χ0v) is 22.3. The highest BCUT2D eigenvalue weighted by atomic mass is 16.6. The van der Waals surface area contributed by atoms with Crippen molar-refractivity contribution in [3.8, 4) is 0 Å². The van der Waals surface area contributed by atoms with Crippen molar-refractivity contribution in [3.63, 3.8) is 0 Å². The molecule has 0 saturated carbocycles. The van der Waals surface area contributed by atoms with Crippen LogP contribution >= 0.6 is 0 Å². The fourth-order valence-electron chi connectivity index (χ4n) is 4.35. The molecule has 0 saturated heterocycles. The van der Waals surface area contributed by atoms with Gasteiger partial charge in [-0.25, -0.2) is 9.59 Å². The lowest BCUT2D eigenvalue weighted by molar-refractivity contribution is 0.0645. The minimum absolute atomic E-state index is 0.148. The fraction of sp³-hybridized carbons (Fsp3) is 0.290. The number of imide groups is 1. The lowest BCUT2D eigenvalue weighted by atomic mass is 10.1. The molecule has 40 heavy (non-hydrogen) atoms. The van der Waals surface area contributed by atoms with Crippen LogP contribution < -0.4 is 5.32 Å². The summed E-state index contributed by atoms with van der Waals surface area (Å²) in [6, 6.07) is 25.6. The number of rotatable bonds is 13. The number of alkyl carbamates (subject to hydrolysis) is 1. The van der Waals surface area contributed by atoms with Gasteiger partial charge in [-0.05, 0) is 42.5 Å². The van der Waals surface area contributed by atoms with Crippen LogP contribution in [0.25, 0.3) is 0 Å². The van der Waals surface area contributed by atoms with Crippen molar-refractivity contribution in [2.45, 2.75) is 32.5 Å². The van der Waals surface area contributed by atoms with E-state index >= 15 is 0 Å². The van der Waals surface area contributed by atoms with Crippen molar-refractivity contribution in [2.75, 3.05) is 26.2 Å². The first-order valence-electron chi connectivity index (χ1n) is 13.4. The second kappa shape index (κ2) is 14.5. The third-order valence-electron chi connectivity index (χ3n) is 6.49. The standard InChI is InChI=1S/C31H33N3O6/c35-28-26-16-7-8-17-27(26)29(36)34(28)21-10-9-19-33(31(38)40-23-25-14-5-2-6-15-25)20-11-18-32-30(37)39-22-24-12-3-1-4-13-24/h1-8,12-17H,9-11,18-23H2,(H,32,37). The maximum absolute atomic E-state index is 12.9. The highest BCUT2D eigenvalue weighted by molar-refractivity contribution is 6.21. The molecule has 0 fully saturated rings. The number of nitrogens with one attached hydrogen (secondary N) is 1. The summed E-state index contributed by atoms with van der Waals surface area (Å²) in [6.45, 7) is 1.67. The van der Waals surface area contributed by atoms with E-state index in [-0.39, 0.29) is 31.6 Å². The van der Waals surface area contributed by atoms with Crippen LogP contribution in [0, 0.1) is 0 Å². The van der Waals surface area contributed by atoms with E-state index < -0.39 is 12.2 Å². The number of ether oxygens (including phenoxy) is 2. The Kier molecular flexibility index (Phi) is 10.3. The number of hydrogen-bond donors (Lipinski definition) is 1. The van der Waals surface area contributed by atoms with Gasteiger partial charge in [-0.1, -0.05) is 72.8 Å². The monoisotopic (exact) mass is 543 g/mol. The molecule has 0 radical (unpaired) electrons. The molecule has 208 valence electrons. The summed E-state index contributed by atoms with van der Waals surface area (Å²) in [5.41, 5.74) is 2.62. The highest BCUT2D eigenvalue weighted by Gasteiger charge is 2.34. The molecule has 1 N–H and O–H groups in total. The lowest BCUT2D eigenvalue weighted by Gasteiger charge is -2.23. The number of benzene rings is 3. The summed E-state index contributed by atoms with van der Waals surface area (Å²) in [5, 5.41) is 2.71. The average Bonchev–Trinajstić information content (AvgIpc) is 3.23. The second-order valence-electron chi connectivity index (χ2n) is 9.38. The molecular formula is C31H33N3O6. The maximum atomic E-state index is 12.9. The summed E-state index contributed by atoms with van der Waals surface area (Å²) in [5.74, 6) is -0.574. The average molecular weight is 544 g/mol. The summed E-state index contributed by atoms with van der Waals surface area (Å²) in [4.78, 5) is 52.9. The minimum Gasteiger partial charge on any atom is -0.445 e. The van der Waals surface area contributed by atoms with Crippen LogP contribution in [0.3, 0.4) is 0 Å². The van der Waals surface area contributed by atoms with Gasteiger partial charge in [0, 0.05) is 26.2 Å². The van der Waals surface area contributed by atoms with E-state index in [4.69, 9.17) is 9.47 Å². The van der Waals surface area contributed by atoms with Crippen LogP contribution in [0.2, 0.25) is 0 Å². The summed E-state index contributed by atoms with van der Waals surface area (Å²) in [6.07, 6.45) is 0.622. The fourth-order valence-corrected chi connectivity index (χ4v) is 4.35. The van der Waals surface area contributed by atoms with Crippen LogP contribution in [0.15, 0.2) is 84.9 Å². The van der Waals surface area contributed by atoms with E-state index in [2.05, 4.69) is 5.32 Å². The molecular weight excluding hydrogens is 510 g/mol. The molecule has 0 bridgehead atoms. The SMILES string of the molecule is O=C(NCCCN(CCCCN1C(=O)c2ccccc2C1=O)C(=O)OCc1ccccc1)OCc1ccccc1. The van der Waals surface area contributed by atoms with Gasteiger partial charge in [-0.2, -0.15) is 0 Å². The predicted octanol–water partition coefficient (Wildman–Crippen LogP) is 5.02. The van der Waals surface area contributed by atoms with Gasteiger partial charge < -0.3 is 19.7 Å². The van der Waals surface area contributed by atoms with E-state index in [0.29, 0.717) is 50.0 Å². The molecule has 1 aliphatic rings. The largest absolute Gasteiger partial charge is 0.445 e. The summed E-state index contributed by atoms with van der Waals surface area (Å²) >= 11 is 0. The molecule has 1 heterocycles. The van der Waals surface area contributed by atoms with Crippen molar-refractivity contribution in [2.24, 2.45) is 0 Å². The molecule has 0 atom stereocenters. The molecule has 3 aromatic rings. The predicted molar refractivity (Wildman–Crippen MR) is 148 cm³/mol. The summed E-state index contributed by atoms with van der Waals surface area (Å²) in [7, 11) is 0. The molecule has 1 aliphatic heterocycles. The number of hydrogen-bond acceptors (Lipinski definition) is 6. The molecule has 0 spiro atoms. The Hall–Kier alpha value is -4.66. The van der Waals surface area contributed by atoms with E-state index in [0.717, 1.165) is 11.1 Å². The van der Waals surface area contributed by atoms with Gasteiger partial charge in [0.05, 0.1) is 11.1 Å². The van der Waals surface area contributed by atoms with Gasteiger partial charge >= 0.3 is 12.2 Å². The molecule has 3 aromatic carbocycles. The zero-order valence-electron chi connectivity index (χ0n) is 22.3. The Morgan fingerprint density at radius 3 is 1.80 bits per heavy atom. The quantitative estimate of drug-likeness (QED) is 0.240. The topological polar surface area (TPSA) is 105 Å². The van der Waals surface area contributed by atoms with E-state index in [1.807, 2.05) is 60.7 Å². The van der Waals surface area contributed by atoms with Crippen LogP contribution in [0.1, 0.15) is 51.1 Å². The Bertz CT molecular complexity index is 1260. The Morgan fingerprint density at radius 2 is 1.20 bits per heavy atom. The first kappa shape index (κ1) is 28.4. The molecule has 0 aliphatic carbocycles. The highest BCUT2D eigenvalue weighted by Crippen LogP contribution is 2.22. The van der Waals surface area contributed by atoms with Crippen molar-refractivity contribution in [3.05, 3.63) is 107 Å². The number of carbonyl (C=O) groups excluding carboxylic acids is 4. The molecule has 0 aromatic heterocycles. The van der Waals surface area contributed by atoms with Gasteiger partial charge in [0.15, 0.2) is 0 Å².